The lowest BCUT2D eigenvalue weighted by Gasteiger charge is -2.25. The fourth-order valence-corrected chi connectivity index (χ4v) is 4.37. The summed E-state index contributed by atoms with van der Waals surface area (Å²) >= 11 is 14.0. The molecule has 3 aromatic rings. The average Bonchev–Trinajstić information content (AvgIpc) is 3.10. The molecule has 0 unspecified atom stereocenters. The molecule has 0 aliphatic carbocycles. The Morgan fingerprint density at radius 2 is 1.68 bits per heavy atom. The molecule has 1 heterocycles. The molecular formula is C20H22Cl3N3OS. The second-order valence-electron chi connectivity index (χ2n) is 6.05. The third-order valence-electron chi connectivity index (χ3n) is 4.47. The van der Waals surface area contributed by atoms with E-state index in [0.29, 0.717) is 27.3 Å². The predicted molar refractivity (Wildman–Crippen MR) is 123 cm³/mol. The SMILES string of the molecule is CCN(CC)CCN(C(=O)c1ccccc1Cl)c1nc2c(Cl)cccc2s1.Cl. The van der Waals surface area contributed by atoms with Crippen LogP contribution in [0, 0.1) is 0 Å². The standard InChI is InChI=1S/C20H21Cl2N3OS.ClH/c1-3-24(4-2)12-13-25(19(26)14-8-5-6-9-15(14)21)20-23-18-16(22)10-7-11-17(18)27-20;/h5-11H,3-4,12-13H2,1-2H3;1H. The Balaban J connectivity index is 0.00000280. The monoisotopic (exact) mass is 457 g/mol. The summed E-state index contributed by atoms with van der Waals surface area (Å²) < 4.78 is 0.956. The van der Waals surface area contributed by atoms with Crippen LogP contribution in [0.2, 0.25) is 10.0 Å². The highest BCUT2D eigenvalue weighted by Crippen LogP contribution is 2.33. The summed E-state index contributed by atoms with van der Waals surface area (Å²) in [6.45, 7) is 7.37. The van der Waals surface area contributed by atoms with Gasteiger partial charge in [-0.1, -0.05) is 66.6 Å². The van der Waals surface area contributed by atoms with Gasteiger partial charge in [0.2, 0.25) is 0 Å². The summed E-state index contributed by atoms with van der Waals surface area (Å²) in [5, 5.41) is 1.66. The van der Waals surface area contributed by atoms with E-state index >= 15 is 0 Å². The average molecular weight is 459 g/mol. The molecule has 0 atom stereocenters. The minimum absolute atomic E-state index is 0. The fraction of sp³-hybridized carbons (Fsp3) is 0.300. The molecule has 0 aliphatic heterocycles. The first-order chi connectivity index (χ1) is 13.0. The van der Waals surface area contributed by atoms with Gasteiger partial charge in [-0.05, 0) is 37.4 Å². The maximum Gasteiger partial charge on any atom is 0.261 e. The zero-order chi connectivity index (χ0) is 19.4. The quantitative estimate of drug-likeness (QED) is 0.435. The van der Waals surface area contributed by atoms with Crippen LogP contribution in [0.1, 0.15) is 24.2 Å². The molecule has 1 amide bonds. The summed E-state index contributed by atoms with van der Waals surface area (Å²) in [5.41, 5.74) is 1.20. The van der Waals surface area contributed by atoms with Crippen molar-refractivity contribution in [1.29, 1.82) is 0 Å². The Labute approximate surface area is 185 Å². The Morgan fingerprint density at radius 1 is 1.00 bits per heavy atom. The second-order valence-corrected chi connectivity index (χ2v) is 7.87. The molecule has 28 heavy (non-hydrogen) atoms. The molecule has 0 saturated heterocycles. The second kappa shape index (κ2) is 10.4. The number of aromatic nitrogens is 1. The Morgan fingerprint density at radius 3 is 2.32 bits per heavy atom. The molecule has 0 bridgehead atoms. The van der Waals surface area contributed by atoms with Gasteiger partial charge in [0.05, 0.1) is 20.3 Å². The van der Waals surface area contributed by atoms with Crippen molar-refractivity contribution in [2.24, 2.45) is 0 Å². The molecule has 0 saturated carbocycles. The number of carbonyl (C=O) groups is 1. The maximum atomic E-state index is 13.3. The Hall–Kier alpha value is -1.37. The van der Waals surface area contributed by atoms with Gasteiger partial charge in [-0.3, -0.25) is 9.69 Å². The van der Waals surface area contributed by atoms with Crippen molar-refractivity contribution in [2.45, 2.75) is 13.8 Å². The van der Waals surface area contributed by atoms with Crippen LogP contribution < -0.4 is 4.90 Å². The highest BCUT2D eigenvalue weighted by atomic mass is 35.5. The normalized spacial score (nSPS) is 10.9. The van der Waals surface area contributed by atoms with Gasteiger partial charge in [0.25, 0.3) is 5.91 Å². The number of hydrogen-bond donors (Lipinski definition) is 0. The van der Waals surface area contributed by atoms with Crippen molar-refractivity contribution in [2.75, 3.05) is 31.1 Å². The highest BCUT2D eigenvalue weighted by molar-refractivity contribution is 7.22. The summed E-state index contributed by atoms with van der Waals surface area (Å²) in [6.07, 6.45) is 0. The largest absolute Gasteiger partial charge is 0.302 e. The van der Waals surface area contributed by atoms with E-state index in [1.807, 2.05) is 30.3 Å². The van der Waals surface area contributed by atoms with E-state index < -0.39 is 0 Å². The number of halogens is 3. The van der Waals surface area contributed by atoms with Crippen LogP contribution in [-0.4, -0.2) is 42.0 Å². The molecule has 2 aromatic carbocycles. The van der Waals surface area contributed by atoms with E-state index in [4.69, 9.17) is 23.2 Å². The summed E-state index contributed by atoms with van der Waals surface area (Å²) in [5.74, 6) is -0.150. The topological polar surface area (TPSA) is 36.4 Å². The number of para-hydroxylation sites is 1. The van der Waals surface area contributed by atoms with Gasteiger partial charge in [-0.15, -0.1) is 12.4 Å². The van der Waals surface area contributed by atoms with E-state index in [9.17, 15) is 4.79 Å². The van der Waals surface area contributed by atoms with Crippen LogP contribution in [0.3, 0.4) is 0 Å². The molecule has 0 spiro atoms. The van der Waals surface area contributed by atoms with E-state index in [1.54, 1.807) is 17.0 Å². The number of nitrogens with zero attached hydrogens (tertiary/aromatic N) is 3. The zero-order valence-electron chi connectivity index (χ0n) is 15.7. The van der Waals surface area contributed by atoms with Crippen LogP contribution in [0.15, 0.2) is 42.5 Å². The molecule has 3 rings (SSSR count). The molecular weight excluding hydrogens is 437 g/mol. The van der Waals surface area contributed by atoms with Crippen molar-refractivity contribution in [3.63, 3.8) is 0 Å². The molecule has 0 aliphatic rings. The number of benzene rings is 2. The van der Waals surface area contributed by atoms with Crippen LogP contribution in [-0.2, 0) is 0 Å². The first-order valence-electron chi connectivity index (χ1n) is 8.89. The van der Waals surface area contributed by atoms with Crippen LogP contribution in [0.25, 0.3) is 10.2 Å². The minimum Gasteiger partial charge on any atom is -0.302 e. The van der Waals surface area contributed by atoms with Crippen LogP contribution in [0.5, 0.6) is 0 Å². The van der Waals surface area contributed by atoms with E-state index in [2.05, 4.69) is 23.7 Å². The number of hydrogen-bond acceptors (Lipinski definition) is 4. The highest BCUT2D eigenvalue weighted by Gasteiger charge is 2.23. The number of amides is 1. The number of thiazole rings is 1. The van der Waals surface area contributed by atoms with Crippen LogP contribution in [0.4, 0.5) is 5.13 Å². The summed E-state index contributed by atoms with van der Waals surface area (Å²) in [7, 11) is 0. The molecule has 150 valence electrons. The van der Waals surface area contributed by atoms with Gasteiger partial charge < -0.3 is 4.90 Å². The van der Waals surface area contributed by atoms with Crippen molar-refractivity contribution >= 4 is 68.2 Å². The predicted octanol–water partition coefficient (Wildman–Crippen LogP) is 6.01. The summed E-state index contributed by atoms with van der Waals surface area (Å²) in [4.78, 5) is 21.9. The molecule has 4 nitrogen and oxygen atoms in total. The molecule has 8 heteroatoms. The third kappa shape index (κ3) is 4.97. The van der Waals surface area contributed by atoms with Gasteiger partial charge in [-0.2, -0.15) is 0 Å². The van der Waals surface area contributed by atoms with E-state index in [-0.39, 0.29) is 18.3 Å². The Bertz CT molecular complexity index is 943. The van der Waals surface area contributed by atoms with Gasteiger partial charge in [-0.25, -0.2) is 4.98 Å². The van der Waals surface area contributed by atoms with E-state index in [0.717, 1.165) is 29.9 Å². The molecule has 0 radical (unpaired) electrons. The smallest absolute Gasteiger partial charge is 0.261 e. The van der Waals surface area contributed by atoms with Gasteiger partial charge in [0.1, 0.15) is 5.52 Å². The number of carbonyl (C=O) groups excluding carboxylic acids is 1. The van der Waals surface area contributed by atoms with Crippen molar-refractivity contribution in [3.8, 4) is 0 Å². The maximum absolute atomic E-state index is 13.3. The first-order valence-corrected chi connectivity index (χ1v) is 10.5. The fourth-order valence-electron chi connectivity index (χ4n) is 2.86. The number of rotatable bonds is 7. The molecule has 0 N–H and O–H groups in total. The minimum atomic E-state index is -0.150. The van der Waals surface area contributed by atoms with Gasteiger partial charge in [0.15, 0.2) is 5.13 Å². The first kappa shape index (κ1) is 22.9. The van der Waals surface area contributed by atoms with Crippen molar-refractivity contribution < 1.29 is 4.79 Å². The van der Waals surface area contributed by atoms with Gasteiger partial charge >= 0.3 is 0 Å². The van der Waals surface area contributed by atoms with E-state index in [1.165, 1.54) is 11.3 Å². The lowest BCUT2D eigenvalue weighted by molar-refractivity contribution is 0.0984. The van der Waals surface area contributed by atoms with Crippen molar-refractivity contribution in [3.05, 3.63) is 58.1 Å². The van der Waals surface area contributed by atoms with Crippen LogP contribution >= 0.6 is 46.9 Å². The Kier molecular flexibility index (Phi) is 8.53. The lowest BCUT2D eigenvalue weighted by Crippen LogP contribution is -2.39. The number of fused-ring (bicyclic) bond motifs is 1. The number of anilines is 1. The molecule has 0 fully saturated rings. The molecule has 1 aromatic heterocycles. The zero-order valence-corrected chi connectivity index (χ0v) is 18.8. The van der Waals surface area contributed by atoms with Gasteiger partial charge in [0, 0.05) is 13.1 Å². The van der Waals surface area contributed by atoms with Crippen molar-refractivity contribution in [1.82, 2.24) is 9.88 Å². The summed E-state index contributed by atoms with van der Waals surface area (Å²) in [6, 6.07) is 12.8. The number of likely N-dealkylation sites (N-methyl/N-ethyl adjacent to an activating group) is 1. The lowest BCUT2D eigenvalue weighted by atomic mass is 10.2. The third-order valence-corrected chi connectivity index (χ3v) is 6.15.